The molecule has 0 atom stereocenters. The van der Waals surface area contributed by atoms with E-state index in [9.17, 15) is 9.18 Å². The third-order valence-corrected chi connectivity index (χ3v) is 4.41. The summed E-state index contributed by atoms with van der Waals surface area (Å²) in [6.07, 6.45) is 0.233. The SMILES string of the molecule is CN(Cc1ccc(-c2ccc(Br)cc2)o1)C(=O)Cc1ccc(F)cc1. The number of benzene rings is 2. The van der Waals surface area contributed by atoms with Crippen LogP contribution in [0.5, 0.6) is 0 Å². The Kier molecular flexibility index (Phi) is 5.34. The molecule has 0 aliphatic heterocycles. The van der Waals surface area contributed by atoms with E-state index in [1.165, 1.54) is 12.1 Å². The Morgan fingerprint density at radius 3 is 2.40 bits per heavy atom. The zero-order valence-electron chi connectivity index (χ0n) is 13.7. The van der Waals surface area contributed by atoms with E-state index in [0.717, 1.165) is 21.4 Å². The fourth-order valence-corrected chi connectivity index (χ4v) is 2.73. The second-order valence-electron chi connectivity index (χ2n) is 5.83. The predicted molar refractivity (Wildman–Crippen MR) is 98.4 cm³/mol. The van der Waals surface area contributed by atoms with E-state index in [1.54, 1.807) is 24.1 Å². The van der Waals surface area contributed by atoms with Crippen LogP contribution in [-0.4, -0.2) is 17.9 Å². The van der Waals surface area contributed by atoms with E-state index < -0.39 is 0 Å². The molecule has 0 bridgehead atoms. The summed E-state index contributed by atoms with van der Waals surface area (Å²) >= 11 is 3.41. The van der Waals surface area contributed by atoms with Gasteiger partial charge in [0.1, 0.15) is 17.3 Å². The number of amides is 1. The molecule has 25 heavy (non-hydrogen) atoms. The second kappa shape index (κ2) is 7.66. The molecule has 0 unspecified atom stereocenters. The number of hydrogen-bond acceptors (Lipinski definition) is 2. The molecule has 0 aliphatic rings. The van der Waals surface area contributed by atoms with Crippen molar-refractivity contribution in [2.24, 2.45) is 0 Å². The molecule has 5 heteroatoms. The minimum Gasteiger partial charge on any atom is -0.459 e. The monoisotopic (exact) mass is 401 g/mol. The normalized spacial score (nSPS) is 10.7. The molecule has 1 amide bonds. The molecule has 3 aromatic rings. The lowest BCUT2D eigenvalue weighted by Crippen LogP contribution is -2.27. The average molecular weight is 402 g/mol. The Bertz CT molecular complexity index is 856. The van der Waals surface area contributed by atoms with Gasteiger partial charge in [-0.15, -0.1) is 0 Å². The van der Waals surface area contributed by atoms with Crippen LogP contribution >= 0.6 is 15.9 Å². The molecule has 0 N–H and O–H groups in total. The zero-order valence-corrected chi connectivity index (χ0v) is 15.3. The maximum Gasteiger partial charge on any atom is 0.227 e. The molecule has 3 nitrogen and oxygen atoms in total. The summed E-state index contributed by atoms with van der Waals surface area (Å²) in [5, 5.41) is 0. The van der Waals surface area contributed by atoms with E-state index >= 15 is 0 Å². The number of likely N-dealkylation sites (N-methyl/N-ethyl adjacent to an activating group) is 1. The minimum atomic E-state index is -0.305. The molecule has 0 fully saturated rings. The van der Waals surface area contributed by atoms with Crippen molar-refractivity contribution >= 4 is 21.8 Å². The van der Waals surface area contributed by atoms with Gasteiger partial charge in [-0.2, -0.15) is 0 Å². The fraction of sp³-hybridized carbons (Fsp3) is 0.150. The standard InChI is InChI=1S/C20H17BrFNO2/c1-23(20(24)12-14-2-8-17(22)9-3-14)13-18-10-11-19(25-18)15-4-6-16(21)7-5-15/h2-11H,12-13H2,1H3. The van der Waals surface area contributed by atoms with Crippen molar-refractivity contribution in [2.75, 3.05) is 7.05 Å². The van der Waals surface area contributed by atoms with Crippen molar-refractivity contribution in [1.82, 2.24) is 4.90 Å². The number of hydrogen-bond donors (Lipinski definition) is 0. The van der Waals surface area contributed by atoms with Crippen LogP contribution in [0.25, 0.3) is 11.3 Å². The largest absolute Gasteiger partial charge is 0.459 e. The van der Waals surface area contributed by atoms with Gasteiger partial charge in [0.25, 0.3) is 0 Å². The summed E-state index contributed by atoms with van der Waals surface area (Å²) in [5.41, 5.74) is 1.77. The number of carbonyl (C=O) groups excluding carboxylic acids is 1. The summed E-state index contributed by atoms with van der Waals surface area (Å²) in [6, 6.07) is 17.6. The maximum absolute atomic E-state index is 12.9. The van der Waals surface area contributed by atoms with Gasteiger partial charge in [-0.25, -0.2) is 4.39 Å². The highest BCUT2D eigenvalue weighted by atomic mass is 79.9. The van der Waals surface area contributed by atoms with Crippen molar-refractivity contribution < 1.29 is 13.6 Å². The number of furan rings is 1. The first kappa shape index (κ1) is 17.4. The Labute approximate surface area is 154 Å². The maximum atomic E-state index is 12.9. The third-order valence-electron chi connectivity index (χ3n) is 3.88. The van der Waals surface area contributed by atoms with Gasteiger partial charge in [-0.1, -0.05) is 40.2 Å². The van der Waals surface area contributed by atoms with Crippen molar-refractivity contribution in [3.63, 3.8) is 0 Å². The summed E-state index contributed by atoms with van der Waals surface area (Å²) < 4.78 is 19.8. The first-order valence-corrected chi connectivity index (χ1v) is 8.63. The molecule has 0 saturated heterocycles. The quantitative estimate of drug-likeness (QED) is 0.599. The Hall–Kier alpha value is -2.40. The minimum absolute atomic E-state index is 0.0480. The first-order chi connectivity index (χ1) is 12.0. The summed E-state index contributed by atoms with van der Waals surface area (Å²) in [5.74, 6) is 1.13. The van der Waals surface area contributed by atoms with Crippen LogP contribution in [0, 0.1) is 5.82 Å². The first-order valence-electron chi connectivity index (χ1n) is 7.84. The lowest BCUT2D eigenvalue weighted by Gasteiger charge is -2.15. The van der Waals surface area contributed by atoms with Gasteiger partial charge in [0.15, 0.2) is 0 Å². The highest BCUT2D eigenvalue weighted by Gasteiger charge is 2.13. The van der Waals surface area contributed by atoms with Crippen LogP contribution in [-0.2, 0) is 17.8 Å². The third kappa shape index (κ3) is 4.57. The predicted octanol–water partition coefficient (Wildman–Crippen LogP) is 5.05. The van der Waals surface area contributed by atoms with Crippen molar-refractivity contribution in [3.05, 3.63) is 82.3 Å². The van der Waals surface area contributed by atoms with Gasteiger partial charge >= 0.3 is 0 Å². The number of carbonyl (C=O) groups is 1. The Morgan fingerprint density at radius 2 is 1.72 bits per heavy atom. The lowest BCUT2D eigenvalue weighted by molar-refractivity contribution is -0.129. The van der Waals surface area contributed by atoms with Crippen LogP contribution in [0.2, 0.25) is 0 Å². The van der Waals surface area contributed by atoms with E-state index in [4.69, 9.17) is 4.42 Å². The molecule has 1 aromatic heterocycles. The highest BCUT2D eigenvalue weighted by molar-refractivity contribution is 9.10. The highest BCUT2D eigenvalue weighted by Crippen LogP contribution is 2.24. The van der Waals surface area contributed by atoms with E-state index in [1.807, 2.05) is 36.4 Å². The van der Waals surface area contributed by atoms with Gasteiger partial charge in [-0.3, -0.25) is 4.79 Å². The zero-order chi connectivity index (χ0) is 17.8. The molecule has 1 heterocycles. The van der Waals surface area contributed by atoms with Gasteiger partial charge in [0.05, 0.1) is 13.0 Å². The molecule has 2 aromatic carbocycles. The molecular weight excluding hydrogens is 385 g/mol. The van der Waals surface area contributed by atoms with Crippen LogP contribution in [0.4, 0.5) is 4.39 Å². The molecule has 0 saturated carbocycles. The fourth-order valence-electron chi connectivity index (χ4n) is 2.47. The molecule has 3 rings (SSSR count). The topological polar surface area (TPSA) is 33.5 Å². The molecule has 128 valence electrons. The molecule has 0 spiro atoms. The number of rotatable bonds is 5. The smallest absolute Gasteiger partial charge is 0.227 e. The Balaban J connectivity index is 1.62. The van der Waals surface area contributed by atoms with Crippen molar-refractivity contribution in [3.8, 4) is 11.3 Å². The van der Waals surface area contributed by atoms with Crippen molar-refractivity contribution in [2.45, 2.75) is 13.0 Å². The van der Waals surface area contributed by atoms with Crippen LogP contribution < -0.4 is 0 Å². The second-order valence-corrected chi connectivity index (χ2v) is 6.74. The van der Waals surface area contributed by atoms with Crippen LogP contribution in [0.15, 0.2) is 69.6 Å². The van der Waals surface area contributed by atoms with Crippen LogP contribution in [0.1, 0.15) is 11.3 Å². The number of nitrogens with zero attached hydrogens (tertiary/aromatic N) is 1. The van der Waals surface area contributed by atoms with Gasteiger partial charge in [0, 0.05) is 17.1 Å². The summed E-state index contributed by atoms with van der Waals surface area (Å²) in [7, 11) is 1.73. The average Bonchev–Trinajstić information content (AvgIpc) is 3.06. The van der Waals surface area contributed by atoms with Crippen LogP contribution in [0.3, 0.4) is 0 Å². The van der Waals surface area contributed by atoms with E-state index in [-0.39, 0.29) is 18.1 Å². The van der Waals surface area contributed by atoms with E-state index in [2.05, 4.69) is 15.9 Å². The van der Waals surface area contributed by atoms with Gasteiger partial charge in [-0.05, 0) is 42.0 Å². The molecular formula is C20H17BrFNO2. The Morgan fingerprint density at radius 1 is 1.04 bits per heavy atom. The summed E-state index contributed by atoms with van der Waals surface area (Å²) in [4.78, 5) is 13.9. The molecule has 0 aliphatic carbocycles. The molecule has 0 radical (unpaired) electrons. The number of halogens is 2. The van der Waals surface area contributed by atoms with Gasteiger partial charge < -0.3 is 9.32 Å². The van der Waals surface area contributed by atoms with E-state index in [0.29, 0.717) is 12.3 Å². The lowest BCUT2D eigenvalue weighted by atomic mass is 10.1. The van der Waals surface area contributed by atoms with Crippen molar-refractivity contribution in [1.29, 1.82) is 0 Å². The van der Waals surface area contributed by atoms with Gasteiger partial charge in [0.2, 0.25) is 5.91 Å². The summed E-state index contributed by atoms with van der Waals surface area (Å²) in [6.45, 7) is 0.385.